The van der Waals surface area contributed by atoms with Gasteiger partial charge < -0.3 is 4.74 Å². The van der Waals surface area contributed by atoms with Gasteiger partial charge in [-0.25, -0.2) is 0 Å². The van der Waals surface area contributed by atoms with Crippen LogP contribution in [-0.4, -0.2) is 5.60 Å². The van der Waals surface area contributed by atoms with Crippen molar-refractivity contribution in [1.82, 2.24) is 0 Å². The van der Waals surface area contributed by atoms with Crippen LogP contribution in [0.2, 0.25) is 0 Å². The Morgan fingerprint density at radius 3 is 1.88 bits per heavy atom. The minimum atomic E-state index is -0.0352. The predicted molar refractivity (Wildman–Crippen MR) is 35.7 cm³/mol. The molecule has 0 heterocycles. The van der Waals surface area contributed by atoms with Gasteiger partial charge in [-0.1, -0.05) is 6.08 Å². The van der Waals surface area contributed by atoms with Gasteiger partial charge >= 0.3 is 0 Å². The summed E-state index contributed by atoms with van der Waals surface area (Å²) in [5.74, 6) is 0. The molecule has 0 saturated heterocycles. The molecule has 0 atom stereocenters. The van der Waals surface area contributed by atoms with Crippen LogP contribution in [0.1, 0.15) is 27.7 Å². The Morgan fingerprint density at radius 2 is 1.75 bits per heavy atom. The summed E-state index contributed by atoms with van der Waals surface area (Å²) < 4.78 is 5.20. The standard InChI is InChI=1S/C7H14O/c1-5-6-8-7(2,3)4/h5-6H,1-4H3/b6-5+. The van der Waals surface area contributed by atoms with E-state index in [4.69, 9.17) is 4.74 Å². The summed E-state index contributed by atoms with van der Waals surface area (Å²) in [5, 5.41) is 0. The molecule has 0 saturated carbocycles. The van der Waals surface area contributed by atoms with E-state index in [1.165, 1.54) is 0 Å². The molecule has 0 spiro atoms. The molecule has 0 unspecified atom stereocenters. The zero-order valence-corrected chi connectivity index (χ0v) is 6.06. The van der Waals surface area contributed by atoms with E-state index in [1.807, 2.05) is 33.8 Å². The highest BCUT2D eigenvalue weighted by molar-refractivity contribution is 4.71. The summed E-state index contributed by atoms with van der Waals surface area (Å²) in [6.45, 7) is 8.00. The van der Waals surface area contributed by atoms with Crippen molar-refractivity contribution in [3.8, 4) is 0 Å². The van der Waals surface area contributed by atoms with E-state index in [0.717, 1.165) is 0 Å². The van der Waals surface area contributed by atoms with E-state index in [1.54, 1.807) is 6.26 Å². The number of allylic oxidation sites excluding steroid dienone is 1. The minimum Gasteiger partial charge on any atom is -0.496 e. The van der Waals surface area contributed by atoms with Crippen molar-refractivity contribution in [3.63, 3.8) is 0 Å². The molecule has 48 valence electrons. The first-order valence-corrected chi connectivity index (χ1v) is 2.85. The van der Waals surface area contributed by atoms with Crippen LogP contribution in [0, 0.1) is 0 Å². The van der Waals surface area contributed by atoms with Crippen LogP contribution in [0.5, 0.6) is 0 Å². The monoisotopic (exact) mass is 114 g/mol. The Balaban J connectivity index is 3.39. The molecule has 0 aromatic rings. The molecule has 0 aromatic carbocycles. The fourth-order valence-electron chi connectivity index (χ4n) is 0.272. The van der Waals surface area contributed by atoms with Crippen LogP contribution in [0.4, 0.5) is 0 Å². The lowest BCUT2D eigenvalue weighted by atomic mass is 10.2. The number of ether oxygens (including phenoxy) is 1. The lowest BCUT2D eigenvalue weighted by Crippen LogP contribution is -2.14. The van der Waals surface area contributed by atoms with E-state index in [9.17, 15) is 0 Å². The van der Waals surface area contributed by atoms with Crippen molar-refractivity contribution in [1.29, 1.82) is 0 Å². The number of hydrogen-bond acceptors (Lipinski definition) is 1. The third-order valence-electron chi connectivity index (χ3n) is 0.558. The molecule has 0 amide bonds. The fraction of sp³-hybridized carbons (Fsp3) is 0.714. The van der Waals surface area contributed by atoms with Crippen LogP contribution in [-0.2, 0) is 4.74 Å². The van der Waals surface area contributed by atoms with E-state index in [0.29, 0.717) is 0 Å². The maximum atomic E-state index is 5.20. The molecule has 1 nitrogen and oxygen atoms in total. The Hall–Kier alpha value is -0.460. The quantitative estimate of drug-likeness (QED) is 0.475. The van der Waals surface area contributed by atoms with Gasteiger partial charge in [-0.05, 0) is 27.7 Å². The first kappa shape index (κ1) is 7.54. The van der Waals surface area contributed by atoms with Crippen LogP contribution in [0.25, 0.3) is 0 Å². The average molecular weight is 114 g/mol. The molecule has 0 rings (SSSR count). The topological polar surface area (TPSA) is 9.23 Å². The predicted octanol–water partition coefficient (Wildman–Crippen LogP) is 2.34. The minimum absolute atomic E-state index is 0.0352. The van der Waals surface area contributed by atoms with Gasteiger partial charge in [-0.2, -0.15) is 0 Å². The van der Waals surface area contributed by atoms with Crippen molar-refractivity contribution in [2.24, 2.45) is 0 Å². The second-order valence-electron chi connectivity index (χ2n) is 2.70. The van der Waals surface area contributed by atoms with E-state index >= 15 is 0 Å². The number of hydrogen-bond donors (Lipinski definition) is 0. The summed E-state index contributed by atoms with van der Waals surface area (Å²) in [6, 6.07) is 0. The van der Waals surface area contributed by atoms with Gasteiger partial charge in [0.2, 0.25) is 0 Å². The van der Waals surface area contributed by atoms with Crippen molar-refractivity contribution in [3.05, 3.63) is 12.3 Å². The van der Waals surface area contributed by atoms with E-state index in [-0.39, 0.29) is 5.60 Å². The molecule has 0 aliphatic rings. The maximum Gasteiger partial charge on any atom is 0.0998 e. The summed E-state index contributed by atoms with van der Waals surface area (Å²) in [6.07, 6.45) is 3.59. The molecule has 1 heteroatoms. The van der Waals surface area contributed by atoms with Crippen LogP contribution >= 0.6 is 0 Å². The molecule has 8 heavy (non-hydrogen) atoms. The van der Waals surface area contributed by atoms with Gasteiger partial charge in [0.1, 0.15) is 0 Å². The van der Waals surface area contributed by atoms with Gasteiger partial charge in [0.25, 0.3) is 0 Å². The first-order valence-electron chi connectivity index (χ1n) is 2.85. The molecule has 0 fully saturated rings. The lowest BCUT2D eigenvalue weighted by Gasteiger charge is -2.17. The molecule has 0 aliphatic carbocycles. The normalized spacial score (nSPS) is 12.5. The number of rotatable bonds is 1. The smallest absolute Gasteiger partial charge is 0.0998 e. The Kier molecular flexibility index (Phi) is 2.59. The second-order valence-corrected chi connectivity index (χ2v) is 2.70. The second kappa shape index (κ2) is 2.75. The largest absolute Gasteiger partial charge is 0.496 e. The highest BCUT2D eigenvalue weighted by atomic mass is 16.5. The van der Waals surface area contributed by atoms with Gasteiger partial charge in [0.15, 0.2) is 0 Å². The third kappa shape index (κ3) is 5.54. The molecule has 0 radical (unpaired) electrons. The molecular weight excluding hydrogens is 100 g/mol. The molecule has 0 bridgehead atoms. The highest BCUT2D eigenvalue weighted by Gasteiger charge is 2.06. The van der Waals surface area contributed by atoms with Crippen molar-refractivity contribution in [2.45, 2.75) is 33.3 Å². The molecule has 0 aliphatic heterocycles. The summed E-state index contributed by atoms with van der Waals surface area (Å²) in [4.78, 5) is 0. The molecule has 0 aromatic heterocycles. The van der Waals surface area contributed by atoms with Crippen molar-refractivity contribution >= 4 is 0 Å². The summed E-state index contributed by atoms with van der Waals surface area (Å²) in [5.41, 5.74) is -0.0352. The average Bonchev–Trinajstić information content (AvgIpc) is 1.59. The van der Waals surface area contributed by atoms with Gasteiger partial charge in [0.05, 0.1) is 11.9 Å². The first-order chi connectivity index (χ1) is 3.56. The maximum absolute atomic E-state index is 5.20. The molecule has 0 N–H and O–H groups in total. The molecular formula is C7H14O. The highest BCUT2D eigenvalue weighted by Crippen LogP contribution is 2.05. The summed E-state index contributed by atoms with van der Waals surface area (Å²) in [7, 11) is 0. The van der Waals surface area contributed by atoms with Gasteiger partial charge in [0, 0.05) is 0 Å². The van der Waals surface area contributed by atoms with Gasteiger partial charge in [-0.15, -0.1) is 0 Å². The van der Waals surface area contributed by atoms with Crippen molar-refractivity contribution in [2.75, 3.05) is 0 Å². The third-order valence-corrected chi connectivity index (χ3v) is 0.558. The Labute approximate surface area is 51.4 Å². The Bertz CT molecular complexity index is 76.9. The van der Waals surface area contributed by atoms with Gasteiger partial charge in [-0.3, -0.25) is 0 Å². The zero-order valence-electron chi connectivity index (χ0n) is 6.06. The zero-order chi connectivity index (χ0) is 6.62. The Morgan fingerprint density at radius 1 is 1.25 bits per heavy atom. The summed E-state index contributed by atoms with van der Waals surface area (Å²) >= 11 is 0. The fourth-order valence-corrected chi connectivity index (χ4v) is 0.272. The van der Waals surface area contributed by atoms with Crippen LogP contribution in [0.15, 0.2) is 12.3 Å². The van der Waals surface area contributed by atoms with E-state index < -0.39 is 0 Å². The van der Waals surface area contributed by atoms with Crippen molar-refractivity contribution < 1.29 is 4.74 Å². The SMILES string of the molecule is C/C=C/OC(C)(C)C. The van der Waals surface area contributed by atoms with E-state index in [2.05, 4.69) is 0 Å². The lowest BCUT2D eigenvalue weighted by molar-refractivity contribution is 0.0765. The van der Waals surface area contributed by atoms with Crippen LogP contribution < -0.4 is 0 Å². The van der Waals surface area contributed by atoms with Crippen LogP contribution in [0.3, 0.4) is 0 Å².